The third-order valence-electron chi connectivity index (χ3n) is 11.6. The molecule has 0 unspecified atom stereocenters. The van der Waals surface area contributed by atoms with Gasteiger partial charge < -0.3 is 4.90 Å². The lowest BCUT2D eigenvalue weighted by Crippen LogP contribution is -2.28. The van der Waals surface area contributed by atoms with Gasteiger partial charge in [0.25, 0.3) is 0 Å². The maximum Gasteiger partial charge on any atom is 0.124 e. The molecular weight excluding hydrogens is 709 g/mol. The first-order valence-electron chi connectivity index (χ1n) is 19.4. The lowest BCUT2D eigenvalue weighted by molar-refractivity contribution is 0.768. The van der Waals surface area contributed by atoms with Crippen LogP contribution in [0, 0.1) is 0 Å². The summed E-state index contributed by atoms with van der Waals surface area (Å²) in [5, 5.41) is 3.44. The van der Waals surface area contributed by atoms with Crippen molar-refractivity contribution >= 4 is 49.4 Å². The summed E-state index contributed by atoms with van der Waals surface area (Å²) < 4.78 is 1.15. The average molecular weight is 745 g/mol. The van der Waals surface area contributed by atoms with E-state index in [0.717, 1.165) is 37.8 Å². The van der Waals surface area contributed by atoms with Crippen molar-refractivity contribution in [3.8, 4) is 32.8 Å². The molecule has 3 heteroatoms. The quantitative estimate of drug-likeness (QED) is 0.162. The molecule has 0 aliphatic heterocycles. The normalized spacial score (nSPS) is 12.7. The summed E-state index contributed by atoms with van der Waals surface area (Å²) in [6, 6.07) is 79.5. The fraction of sp³-hybridized carbons (Fsp3) is 0.0185. The fourth-order valence-corrected chi connectivity index (χ4v) is 9.95. The SMILES string of the molecule is c1ccc(-c2ccc(-c3nc4ccc(N(c5ccc6c(c5)C(c5ccccc5)(c5ccccc5)c5ccccc5-6)c5ccc6ccccc6c5)cc4s3)cc2)cc1. The number of fused-ring (bicyclic) bond motifs is 5. The van der Waals surface area contributed by atoms with Crippen molar-refractivity contribution in [2.24, 2.45) is 0 Å². The Morgan fingerprint density at radius 1 is 0.386 bits per heavy atom. The largest absolute Gasteiger partial charge is 0.310 e. The standard InChI is InChI=1S/C54H36N2S/c1-4-14-37(15-5-1)39-24-26-40(27-25-39)53-55-51-33-31-46(36-52(51)57-53)56(44-29-28-38-16-10-11-17-41(38)34-44)45-30-32-48-47-22-12-13-23-49(47)54(50(48)35-45,42-18-6-2-7-19-42)43-20-8-3-9-21-43/h1-36H. The van der Waals surface area contributed by atoms with E-state index in [4.69, 9.17) is 4.98 Å². The van der Waals surface area contributed by atoms with Crippen molar-refractivity contribution in [2.75, 3.05) is 4.90 Å². The van der Waals surface area contributed by atoms with Gasteiger partial charge >= 0.3 is 0 Å². The first-order chi connectivity index (χ1) is 28.2. The molecule has 2 nitrogen and oxygen atoms in total. The number of rotatable bonds is 7. The predicted molar refractivity (Wildman–Crippen MR) is 240 cm³/mol. The Bertz CT molecular complexity index is 3020. The van der Waals surface area contributed by atoms with Crippen molar-refractivity contribution in [1.29, 1.82) is 0 Å². The topological polar surface area (TPSA) is 16.1 Å². The lowest BCUT2D eigenvalue weighted by Gasteiger charge is -2.35. The summed E-state index contributed by atoms with van der Waals surface area (Å²) in [6.07, 6.45) is 0. The predicted octanol–water partition coefficient (Wildman–Crippen LogP) is 14.6. The van der Waals surface area contributed by atoms with E-state index in [-0.39, 0.29) is 0 Å². The van der Waals surface area contributed by atoms with Gasteiger partial charge in [-0.3, -0.25) is 0 Å². The first-order valence-corrected chi connectivity index (χ1v) is 20.3. The summed E-state index contributed by atoms with van der Waals surface area (Å²) in [5.74, 6) is 0. The highest BCUT2D eigenvalue weighted by Gasteiger charge is 2.46. The Kier molecular flexibility index (Phi) is 7.94. The van der Waals surface area contributed by atoms with Crippen molar-refractivity contribution < 1.29 is 0 Å². The van der Waals surface area contributed by atoms with Gasteiger partial charge in [0.1, 0.15) is 5.01 Å². The van der Waals surface area contributed by atoms with E-state index < -0.39 is 5.41 Å². The van der Waals surface area contributed by atoms with Crippen molar-refractivity contribution in [2.45, 2.75) is 5.41 Å². The van der Waals surface area contributed by atoms with Crippen LogP contribution < -0.4 is 4.90 Å². The fourth-order valence-electron chi connectivity index (χ4n) is 8.95. The molecule has 10 aromatic rings. The third-order valence-corrected chi connectivity index (χ3v) is 12.6. The molecule has 0 bridgehead atoms. The summed E-state index contributed by atoms with van der Waals surface area (Å²) in [6.45, 7) is 0. The molecule has 1 aliphatic rings. The Morgan fingerprint density at radius 3 is 1.68 bits per heavy atom. The molecule has 0 saturated heterocycles. The Labute approximate surface area is 336 Å². The Hall–Kier alpha value is -7.07. The molecule has 0 saturated carbocycles. The minimum absolute atomic E-state index is 0.494. The van der Waals surface area contributed by atoms with Gasteiger partial charge in [-0.15, -0.1) is 11.3 Å². The highest BCUT2D eigenvalue weighted by atomic mass is 32.1. The molecule has 1 aromatic heterocycles. The second kappa shape index (κ2) is 13.6. The molecule has 11 rings (SSSR count). The molecule has 0 atom stereocenters. The van der Waals surface area contributed by atoms with Gasteiger partial charge in [-0.1, -0.05) is 176 Å². The van der Waals surface area contributed by atoms with Gasteiger partial charge in [0.05, 0.1) is 15.6 Å². The molecule has 0 fully saturated rings. The maximum absolute atomic E-state index is 5.13. The smallest absolute Gasteiger partial charge is 0.124 e. The van der Waals surface area contributed by atoms with Gasteiger partial charge in [-0.05, 0) is 97.7 Å². The van der Waals surface area contributed by atoms with Crippen LogP contribution in [-0.2, 0) is 5.41 Å². The number of thiazole rings is 1. The van der Waals surface area contributed by atoms with Crippen LogP contribution in [0.2, 0.25) is 0 Å². The molecule has 268 valence electrons. The van der Waals surface area contributed by atoms with E-state index in [9.17, 15) is 0 Å². The molecule has 0 spiro atoms. The van der Waals surface area contributed by atoms with E-state index in [2.05, 4.69) is 223 Å². The molecule has 0 radical (unpaired) electrons. The molecule has 1 aliphatic carbocycles. The van der Waals surface area contributed by atoms with Crippen LogP contribution in [0.3, 0.4) is 0 Å². The monoisotopic (exact) mass is 744 g/mol. The van der Waals surface area contributed by atoms with Crippen LogP contribution in [0.25, 0.3) is 53.8 Å². The average Bonchev–Trinajstić information content (AvgIpc) is 3.85. The number of benzene rings is 9. The summed E-state index contributed by atoms with van der Waals surface area (Å²) in [7, 11) is 0. The summed E-state index contributed by atoms with van der Waals surface area (Å²) >= 11 is 1.74. The van der Waals surface area contributed by atoms with Gasteiger partial charge in [0, 0.05) is 22.6 Å². The number of anilines is 3. The van der Waals surface area contributed by atoms with E-state index in [0.29, 0.717) is 0 Å². The summed E-state index contributed by atoms with van der Waals surface area (Å²) in [4.78, 5) is 7.55. The van der Waals surface area contributed by atoms with E-state index in [1.165, 1.54) is 55.3 Å². The van der Waals surface area contributed by atoms with Crippen LogP contribution in [0.4, 0.5) is 17.1 Å². The molecule has 0 N–H and O–H groups in total. The molecule has 9 aromatic carbocycles. The maximum atomic E-state index is 5.13. The van der Waals surface area contributed by atoms with Crippen LogP contribution in [0.15, 0.2) is 218 Å². The molecular formula is C54H36N2S. The van der Waals surface area contributed by atoms with Gasteiger partial charge in [0.2, 0.25) is 0 Å². The minimum Gasteiger partial charge on any atom is -0.310 e. The first kappa shape index (κ1) is 33.3. The second-order valence-corrected chi connectivity index (χ2v) is 15.8. The van der Waals surface area contributed by atoms with Crippen LogP contribution >= 0.6 is 11.3 Å². The second-order valence-electron chi connectivity index (χ2n) is 14.7. The number of aromatic nitrogens is 1. The van der Waals surface area contributed by atoms with Crippen molar-refractivity contribution in [3.05, 3.63) is 241 Å². The molecule has 57 heavy (non-hydrogen) atoms. The van der Waals surface area contributed by atoms with Crippen molar-refractivity contribution in [1.82, 2.24) is 4.98 Å². The van der Waals surface area contributed by atoms with Gasteiger partial charge in [-0.25, -0.2) is 4.98 Å². The van der Waals surface area contributed by atoms with E-state index in [1.807, 2.05) is 0 Å². The van der Waals surface area contributed by atoms with Crippen molar-refractivity contribution in [3.63, 3.8) is 0 Å². The zero-order valence-corrected chi connectivity index (χ0v) is 31.9. The zero-order chi connectivity index (χ0) is 37.8. The number of nitrogens with zero attached hydrogens (tertiary/aromatic N) is 2. The number of hydrogen-bond donors (Lipinski definition) is 0. The third kappa shape index (κ3) is 5.50. The highest BCUT2D eigenvalue weighted by molar-refractivity contribution is 7.21. The Balaban J connectivity index is 1.09. The van der Waals surface area contributed by atoms with Crippen LogP contribution in [-0.4, -0.2) is 4.98 Å². The minimum atomic E-state index is -0.494. The number of hydrogen-bond acceptors (Lipinski definition) is 3. The van der Waals surface area contributed by atoms with Gasteiger partial charge in [0.15, 0.2) is 0 Å². The lowest BCUT2D eigenvalue weighted by atomic mass is 9.67. The van der Waals surface area contributed by atoms with E-state index >= 15 is 0 Å². The van der Waals surface area contributed by atoms with Crippen LogP contribution in [0.1, 0.15) is 22.3 Å². The van der Waals surface area contributed by atoms with E-state index in [1.54, 1.807) is 11.3 Å². The van der Waals surface area contributed by atoms with Crippen LogP contribution in [0.5, 0.6) is 0 Å². The molecule has 0 amide bonds. The van der Waals surface area contributed by atoms with Gasteiger partial charge in [-0.2, -0.15) is 0 Å². The molecule has 1 heterocycles. The highest BCUT2D eigenvalue weighted by Crippen LogP contribution is 2.57. The summed E-state index contributed by atoms with van der Waals surface area (Å²) in [5.41, 5.74) is 15.0. The Morgan fingerprint density at radius 2 is 0.930 bits per heavy atom. The zero-order valence-electron chi connectivity index (χ0n) is 31.1.